The first kappa shape index (κ1) is 38.3. The van der Waals surface area contributed by atoms with Crippen molar-refractivity contribution in [1.82, 2.24) is 0 Å². The molecule has 56 heavy (non-hydrogen) atoms. The Morgan fingerprint density at radius 3 is 2.12 bits per heavy atom. The van der Waals surface area contributed by atoms with Crippen LogP contribution in [0.3, 0.4) is 0 Å². The molecule has 7 aliphatic rings. The number of rotatable bonds is 6. The number of aliphatic hydroxyl groups excluding tert-OH is 3. The lowest BCUT2D eigenvalue weighted by molar-refractivity contribution is -0.326. The molecule has 302 valence electrons. The van der Waals surface area contributed by atoms with E-state index in [0.717, 1.165) is 32.1 Å². The highest BCUT2D eigenvalue weighted by atomic mass is 16.8. The summed E-state index contributed by atoms with van der Waals surface area (Å²) in [6.45, 7) is 9.26. The molecule has 4 N–H and O–H groups in total. The molecule has 12 nitrogen and oxygen atoms in total. The number of hydrogen-bond donors (Lipinski definition) is 4. The van der Waals surface area contributed by atoms with Crippen LogP contribution in [0.5, 0.6) is 0 Å². The van der Waals surface area contributed by atoms with Crippen molar-refractivity contribution >= 4 is 11.9 Å². The summed E-state index contributed by atoms with van der Waals surface area (Å²) in [5.41, 5.74) is -5.91. The van der Waals surface area contributed by atoms with Crippen molar-refractivity contribution in [2.45, 2.75) is 131 Å². The lowest BCUT2D eigenvalue weighted by Gasteiger charge is -2.60. The smallest absolute Gasteiger partial charge is 0.338 e. The molecule has 0 radical (unpaired) electrons. The van der Waals surface area contributed by atoms with Gasteiger partial charge in [0.15, 0.2) is 0 Å². The van der Waals surface area contributed by atoms with Gasteiger partial charge < -0.3 is 48.8 Å². The summed E-state index contributed by atoms with van der Waals surface area (Å²) >= 11 is 0. The Hall–Kier alpha value is -3.20. The van der Waals surface area contributed by atoms with Crippen LogP contribution in [-0.2, 0) is 28.4 Å². The second-order valence-electron chi connectivity index (χ2n) is 17.8. The second kappa shape index (κ2) is 13.4. The van der Waals surface area contributed by atoms with Gasteiger partial charge in [-0.3, -0.25) is 0 Å². The minimum absolute atomic E-state index is 0.0119. The van der Waals surface area contributed by atoms with Gasteiger partial charge in [-0.1, -0.05) is 88.9 Å². The Morgan fingerprint density at radius 1 is 0.875 bits per heavy atom. The van der Waals surface area contributed by atoms with Crippen molar-refractivity contribution in [2.24, 2.45) is 29.6 Å². The zero-order valence-corrected chi connectivity index (χ0v) is 32.3. The molecule has 4 saturated heterocycles. The Bertz CT molecular complexity index is 1860. The van der Waals surface area contributed by atoms with E-state index in [1.807, 2.05) is 13.8 Å². The third kappa shape index (κ3) is 5.12. The second-order valence-corrected chi connectivity index (χ2v) is 17.8. The lowest BCUT2D eigenvalue weighted by Crippen LogP contribution is -2.75. The van der Waals surface area contributed by atoms with Gasteiger partial charge in [0.2, 0.25) is 5.79 Å². The predicted molar refractivity (Wildman–Crippen MR) is 199 cm³/mol. The van der Waals surface area contributed by atoms with Crippen LogP contribution in [0.4, 0.5) is 0 Å². The minimum Gasteiger partial charge on any atom is -0.456 e. The van der Waals surface area contributed by atoms with Gasteiger partial charge in [0.1, 0.15) is 65.6 Å². The van der Waals surface area contributed by atoms with E-state index in [1.54, 1.807) is 60.7 Å². The van der Waals surface area contributed by atoms with E-state index in [1.165, 1.54) is 0 Å². The predicted octanol–water partition coefficient (Wildman–Crippen LogP) is 4.12. The molecule has 3 bridgehead atoms. The molecule has 0 aromatic heterocycles. The largest absolute Gasteiger partial charge is 0.456 e. The van der Waals surface area contributed by atoms with Crippen molar-refractivity contribution in [2.75, 3.05) is 13.2 Å². The fourth-order valence-electron chi connectivity index (χ4n) is 12.3. The van der Waals surface area contributed by atoms with Gasteiger partial charge >= 0.3 is 11.9 Å². The number of carbonyl (C=O) groups is 2. The first-order chi connectivity index (χ1) is 26.8. The Morgan fingerprint density at radius 2 is 1.50 bits per heavy atom. The number of epoxide rings is 1. The summed E-state index contributed by atoms with van der Waals surface area (Å²) in [6.07, 6.45) is -2.81. The van der Waals surface area contributed by atoms with Gasteiger partial charge in [0.25, 0.3) is 0 Å². The number of benzene rings is 2. The fraction of sp³-hybridized carbons (Fsp3) is 0.636. The summed E-state index contributed by atoms with van der Waals surface area (Å²) in [5.74, 6) is -6.10. The van der Waals surface area contributed by atoms with Crippen molar-refractivity contribution in [3.8, 4) is 0 Å². The fourth-order valence-corrected chi connectivity index (χ4v) is 12.3. The molecule has 16 unspecified atom stereocenters. The van der Waals surface area contributed by atoms with Gasteiger partial charge in [0.05, 0.1) is 23.7 Å². The molecule has 2 spiro atoms. The molecule has 9 rings (SSSR count). The molecule has 2 aromatic carbocycles. The number of hydrogen-bond acceptors (Lipinski definition) is 12. The number of ether oxygens (including phenoxy) is 6. The Balaban J connectivity index is 1.31. The maximum atomic E-state index is 14.3. The highest BCUT2D eigenvalue weighted by Crippen LogP contribution is 2.73. The molecular weight excluding hydrogens is 720 g/mol. The highest BCUT2D eigenvalue weighted by Gasteiger charge is 2.89. The Kier molecular flexibility index (Phi) is 9.19. The summed E-state index contributed by atoms with van der Waals surface area (Å²) in [7, 11) is 0. The molecule has 12 heteroatoms. The van der Waals surface area contributed by atoms with Crippen LogP contribution < -0.4 is 0 Å². The molecule has 16 atom stereocenters. The highest BCUT2D eigenvalue weighted by molar-refractivity contribution is 5.90. The number of fused-ring (bicyclic) bond motifs is 2. The molecule has 3 saturated carbocycles. The van der Waals surface area contributed by atoms with Crippen LogP contribution in [0.1, 0.15) is 86.4 Å². The van der Waals surface area contributed by atoms with Crippen molar-refractivity contribution in [1.29, 1.82) is 0 Å². The third-order valence-corrected chi connectivity index (χ3v) is 14.9. The minimum atomic E-state index is -2.30. The third-order valence-electron chi connectivity index (χ3n) is 14.9. The van der Waals surface area contributed by atoms with E-state index in [9.17, 15) is 30.0 Å². The molecule has 3 aliphatic carbocycles. The average Bonchev–Trinajstić information content (AvgIpc) is 3.80. The molecule has 4 aliphatic heterocycles. The number of esters is 2. The van der Waals surface area contributed by atoms with E-state index in [-0.39, 0.29) is 24.5 Å². The standard InChI is InChI=1S/C44H54O12/c1-24(2)40-21-30(52-37(47)27-16-10-7-11-17-27)44-32-35(40)55-42(56-40,23-51-44)29(46)20-14-6-5-9-15-25(3)31-26(4)34(53-38(48)28-18-12-8-13-19-28)43(50,33(31)44)39(49)41(22-45)36(32)54-41/h7-8,10-13,16-19,25-26,29-36,39,45-46,49-50H,1,5-6,9,14-15,20-23H2,2-4H3. The van der Waals surface area contributed by atoms with Crippen LogP contribution in [0.2, 0.25) is 0 Å². The topological polar surface area (TPSA) is 174 Å². The number of carbonyl (C=O) groups excluding carboxylic acids is 2. The zero-order chi connectivity index (χ0) is 39.4. The zero-order valence-electron chi connectivity index (χ0n) is 32.3. The maximum absolute atomic E-state index is 14.3. The monoisotopic (exact) mass is 774 g/mol. The molecule has 0 amide bonds. The lowest BCUT2D eigenvalue weighted by atomic mass is 9.54. The molecular formula is C44H54O12. The van der Waals surface area contributed by atoms with E-state index in [0.29, 0.717) is 17.6 Å². The maximum Gasteiger partial charge on any atom is 0.338 e. The van der Waals surface area contributed by atoms with E-state index in [2.05, 4.69) is 13.5 Å². The van der Waals surface area contributed by atoms with E-state index < -0.39 is 107 Å². The summed E-state index contributed by atoms with van der Waals surface area (Å²) < 4.78 is 40.9. The summed E-state index contributed by atoms with van der Waals surface area (Å²) in [4.78, 5) is 28.3. The Labute approximate surface area is 327 Å². The first-order valence-electron chi connectivity index (χ1n) is 20.4. The van der Waals surface area contributed by atoms with Gasteiger partial charge in [-0.15, -0.1) is 0 Å². The van der Waals surface area contributed by atoms with Gasteiger partial charge in [0, 0.05) is 12.3 Å². The van der Waals surface area contributed by atoms with Crippen molar-refractivity contribution < 1.29 is 58.4 Å². The summed E-state index contributed by atoms with van der Waals surface area (Å²) in [6, 6.07) is 17.1. The first-order valence-corrected chi connectivity index (χ1v) is 20.4. The van der Waals surface area contributed by atoms with Gasteiger partial charge in [-0.2, -0.15) is 0 Å². The van der Waals surface area contributed by atoms with Crippen LogP contribution in [0.25, 0.3) is 0 Å². The van der Waals surface area contributed by atoms with E-state index >= 15 is 0 Å². The van der Waals surface area contributed by atoms with Crippen molar-refractivity contribution in [3.05, 3.63) is 83.9 Å². The van der Waals surface area contributed by atoms with Crippen LogP contribution in [0, 0.1) is 29.6 Å². The molecule has 2 aromatic rings. The van der Waals surface area contributed by atoms with Crippen LogP contribution >= 0.6 is 0 Å². The number of aliphatic hydroxyl groups is 4. The van der Waals surface area contributed by atoms with Gasteiger partial charge in [-0.05, 0) is 60.9 Å². The van der Waals surface area contributed by atoms with Crippen molar-refractivity contribution in [3.63, 3.8) is 0 Å². The average molecular weight is 775 g/mol. The van der Waals surface area contributed by atoms with E-state index in [4.69, 9.17) is 28.4 Å². The molecule has 4 heterocycles. The quantitative estimate of drug-likeness (QED) is 0.188. The van der Waals surface area contributed by atoms with Crippen LogP contribution in [0.15, 0.2) is 72.8 Å². The van der Waals surface area contributed by atoms with Crippen LogP contribution in [-0.4, -0.2) is 110 Å². The summed E-state index contributed by atoms with van der Waals surface area (Å²) in [5, 5.41) is 50.0. The molecule has 7 fully saturated rings. The SMILES string of the molecule is C=C(C)C12CC(OC(=O)c3ccccc3)C34OCC5(OC1C3C1OC1(CO)C(O)C1(O)C(OC(=O)c3ccccc3)C(C)C(C(C)CCCCCCC5O)C14)O2. The van der Waals surface area contributed by atoms with Gasteiger partial charge in [-0.25, -0.2) is 9.59 Å². The normalized spacial score (nSPS) is 47.5.